The van der Waals surface area contributed by atoms with E-state index in [9.17, 15) is 23.1 Å². The maximum Gasteiger partial charge on any atom is 0.347 e. The van der Waals surface area contributed by atoms with Crippen LogP contribution in [0.3, 0.4) is 0 Å². The van der Waals surface area contributed by atoms with Gasteiger partial charge in [-0.15, -0.1) is 4.40 Å². The Balaban J connectivity index is 2.20. The van der Waals surface area contributed by atoms with Gasteiger partial charge in [-0.2, -0.15) is 8.42 Å². The van der Waals surface area contributed by atoms with Crippen molar-refractivity contribution >= 4 is 28.0 Å². The Labute approximate surface area is 104 Å². The zero-order valence-corrected chi connectivity index (χ0v) is 10.4. The molecule has 100 valence electrons. The van der Waals surface area contributed by atoms with Crippen LogP contribution in [-0.4, -0.2) is 48.5 Å². The number of carbonyl (C=O) groups excluding carboxylic acids is 2. The minimum Gasteiger partial charge on any atom is -0.845 e. The van der Waals surface area contributed by atoms with Gasteiger partial charge in [0.15, 0.2) is 0 Å². The van der Waals surface area contributed by atoms with Crippen LogP contribution in [0.25, 0.3) is 0 Å². The van der Waals surface area contributed by atoms with Gasteiger partial charge < -0.3 is 10.0 Å². The second-order valence-corrected chi connectivity index (χ2v) is 5.59. The van der Waals surface area contributed by atoms with Crippen molar-refractivity contribution in [2.45, 2.75) is 25.7 Å². The third-order valence-corrected chi connectivity index (χ3v) is 4.14. The van der Waals surface area contributed by atoms with E-state index in [2.05, 4.69) is 4.40 Å². The highest BCUT2D eigenvalue weighted by atomic mass is 32.2. The van der Waals surface area contributed by atoms with E-state index in [1.54, 1.807) is 0 Å². The van der Waals surface area contributed by atoms with Crippen molar-refractivity contribution in [3.05, 3.63) is 0 Å². The van der Waals surface area contributed by atoms with E-state index in [-0.39, 0.29) is 25.9 Å². The first-order valence-corrected chi connectivity index (χ1v) is 6.94. The van der Waals surface area contributed by atoms with Gasteiger partial charge in [0.25, 0.3) is 0 Å². The lowest BCUT2D eigenvalue weighted by Gasteiger charge is -2.23. The highest BCUT2D eigenvalue weighted by Crippen LogP contribution is 2.16. The quantitative estimate of drug-likeness (QED) is 0.435. The number of amides is 2. The maximum atomic E-state index is 11.7. The number of rotatable bonds is 2. The Kier molecular flexibility index (Phi) is 3.24. The summed E-state index contributed by atoms with van der Waals surface area (Å²) in [6.45, 7) is 0.205. The first-order chi connectivity index (χ1) is 8.42. The van der Waals surface area contributed by atoms with Gasteiger partial charge in [0.2, 0.25) is 11.8 Å². The predicted octanol–water partition coefficient (Wildman–Crippen LogP) is -1.81. The van der Waals surface area contributed by atoms with E-state index in [1.165, 1.54) is 0 Å². The number of hydrogen-bond donors (Lipinski definition) is 0. The molecule has 0 saturated carbocycles. The SMILES string of the molecule is O=C1CCCN1C([O-])=NS(=O)(=O)N1CCCC1=O. The molecule has 2 aliphatic rings. The normalized spacial score (nSPS) is 22.1. The summed E-state index contributed by atoms with van der Waals surface area (Å²) in [5.74, 6) is -1.01. The largest absolute Gasteiger partial charge is 0.845 e. The van der Waals surface area contributed by atoms with Gasteiger partial charge in [-0.3, -0.25) is 9.59 Å². The van der Waals surface area contributed by atoms with Crippen LogP contribution in [-0.2, 0) is 19.8 Å². The fourth-order valence-corrected chi connectivity index (χ4v) is 3.02. The molecule has 8 nitrogen and oxygen atoms in total. The van der Waals surface area contributed by atoms with Crippen LogP contribution in [0.15, 0.2) is 4.40 Å². The second-order valence-electron chi connectivity index (χ2n) is 4.07. The van der Waals surface area contributed by atoms with Gasteiger partial charge in [-0.25, -0.2) is 4.31 Å². The van der Waals surface area contributed by atoms with Crippen molar-refractivity contribution in [3.8, 4) is 0 Å². The Morgan fingerprint density at radius 1 is 1.11 bits per heavy atom. The zero-order chi connectivity index (χ0) is 13.3. The number of carbonyl (C=O) groups is 2. The summed E-state index contributed by atoms with van der Waals surface area (Å²) in [6, 6.07) is -1.11. The highest BCUT2D eigenvalue weighted by molar-refractivity contribution is 7.88. The van der Waals surface area contributed by atoms with Crippen molar-refractivity contribution in [1.82, 2.24) is 9.21 Å². The average Bonchev–Trinajstić information content (AvgIpc) is 2.86. The number of hydrogen-bond acceptors (Lipinski definition) is 5. The molecule has 0 atom stereocenters. The van der Waals surface area contributed by atoms with Gasteiger partial charge in [-0.05, 0) is 12.8 Å². The summed E-state index contributed by atoms with van der Waals surface area (Å²) < 4.78 is 27.0. The number of amidine groups is 1. The third-order valence-electron chi connectivity index (χ3n) is 2.81. The summed E-state index contributed by atoms with van der Waals surface area (Å²) in [6.07, 6.45) is 1.27. The number of likely N-dealkylation sites (tertiary alicyclic amines) is 1. The van der Waals surface area contributed by atoms with Gasteiger partial charge >= 0.3 is 10.2 Å². The first kappa shape index (κ1) is 12.8. The van der Waals surface area contributed by atoms with Crippen molar-refractivity contribution in [2.24, 2.45) is 4.40 Å². The molecule has 2 fully saturated rings. The van der Waals surface area contributed by atoms with Crippen LogP contribution in [0.2, 0.25) is 0 Å². The Bertz CT molecular complexity index is 512. The topological polar surface area (TPSA) is 110 Å². The first-order valence-electron chi connectivity index (χ1n) is 5.54. The third kappa shape index (κ3) is 2.30. The molecule has 2 heterocycles. The molecule has 18 heavy (non-hydrogen) atoms. The molecule has 0 aliphatic carbocycles. The summed E-state index contributed by atoms with van der Waals surface area (Å²) >= 11 is 0. The molecule has 2 saturated heterocycles. The van der Waals surface area contributed by atoms with E-state index in [4.69, 9.17) is 0 Å². The van der Waals surface area contributed by atoms with Gasteiger partial charge in [0, 0.05) is 25.9 Å². The molecular formula is C9H12N3O5S-. The molecule has 0 radical (unpaired) electrons. The Morgan fingerprint density at radius 2 is 1.72 bits per heavy atom. The van der Waals surface area contributed by atoms with Gasteiger partial charge in [-0.1, -0.05) is 0 Å². The summed E-state index contributed by atoms with van der Waals surface area (Å²) in [4.78, 5) is 23.3. The van der Waals surface area contributed by atoms with Crippen LogP contribution >= 0.6 is 0 Å². The monoisotopic (exact) mass is 274 g/mol. The fourth-order valence-electron chi connectivity index (χ4n) is 1.91. The lowest BCUT2D eigenvalue weighted by atomic mass is 10.4. The minimum atomic E-state index is -4.30. The molecule has 2 rings (SSSR count). The zero-order valence-electron chi connectivity index (χ0n) is 9.53. The van der Waals surface area contributed by atoms with Crippen LogP contribution < -0.4 is 5.11 Å². The van der Waals surface area contributed by atoms with E-state index >= 15 is 0 Å². The molecule has 0 bridgehead atoms. The van der Waals surface area contributed by atoms with E-state index in [0.29, 0.717) is 17.1 Å². The maximum absolute atomic E-state index is 11.7. The van der Waals surface area contributed by atoms with Gasteiger partial charge in [0.05, 0.1) is 6.02 Å². The van der Waals surface area contributed by atoms with Crippen molar-refractivity contribution in [3.63, 3.8) is 0 Å². The standard InChI is InChI=1S/C9H13N3O5S/c13-7-3-1-5-11(7)9(15)10-18(16,17)12-6-2-4-8(12)14/h1-6H2,(H,10,15)/p-1. The summed E-state index contributed by atoms with van der Waals surface area (Å²) in [5.41, 5.74) is 0. The molecule has 0 aromatic heterocycles. The molecule has 0 spiro atoms. The Morgan fingerprint density at radius 3 is 2.22 bits per heavy atom. The minimum absolute atomic E-state index is 0.0336. The molecule has 2 aliphatic heterocycles. The highest BCUT2D eigenvalue weighted by Gasteiger charge is 2.31. The van der Waals surface area contributed by atoms with Crippen molar-refractivity contribution in [2.75, 3.05) is 13.1 Å². The smallest absolute Gasteiger partial charge is 0.347 e. The van der Waals surface area contributed by atoms with E-state index < -0.39 is 28.0 Å². The van der Waals surface area contributed by atoms with E-state index in [0.717, 1.165) is 4.90 Å². The van der Waals surface area contributed by atoms with Crippen LogP contribution in [0.1, 0.15) is 25.7 Å². The molecule has 2 amide bonds. The van der Waals surface area contributed by atoms with Gasteiger partial charge in [0.1, 0.15) is 0 Å². The molecule has 0 aromatic carbocycles. The molecule has 9 heteroatoms. The molecule has 0 unspecified atom stereocenters. The molecule has 0 aromatic rings. The van der Waals surface area contributed by atoms with Crippen LogP contribution in [0.4, 0.5) is 0 Å². The number of nitrogens with zero attached hydrogens (tertiary/aromatic N) is 3. The molecule has 0 N–H and O–H groups in total. The van der Waals surface area contributed by atoms with E-state index in [1.807, 2.05) is 0 Å². The lowest BCUT2D eigenvalue weighted by molar-refractivity contribution is -0.232. The lowest BCUT2D eigenvalue weighted by Crippen LogP contribution is -2.43. The molecular weight excluding hydrogens is 262 g/mol. The van der Waals surface area contributed by atoms with Crippen LogP contribution in [0, 0.1) is 0 Å². The summed E-state index contributed by atoms with van der Waals surface area (Å²) in [7, 11) is -4.30. The second kappa shape index (κ2) is 4.56. The Hall–Kier alpha value is -1.64. The predicted molar refractivity (Wildman–Crippen MR) is 58.2 cm³/mol. The summed E-state index contributed by atoms with van der Waals surface area (Å²) in [5, 5.41) is 11.6. The fraction of sp³-hybridized carbons (Fsp3) is 0.667. The van der Waals surface area contributed by atoms with Crippen LogP contribution in [0.5, 0.6) is 0 Å². The van der Waals surface area contributed by atoms with Crippen molar-refractivity contribution in [1.29, 1.82) is 0 Å². The van der Waals surface area contributed by atoms with Crippen molar-refractivity contribution < 1.29 is 23.1 Å². The average molecular weight is 274 g/mol.